The number of likely N-dealkylation sites (tertiary alicyclic amines) is 1. The summed E-state index contributed by atoms with van der Waals surface area (Å²) in [6, 6.07) is 9.71. The number of aromatic nitrogens is 1. The maximum Gasteiger partial charge on any atom is 0.317 e. The van der Waals surface area contributed by atoms with Gasteiger partial charge in [-0.3, -0.25) is 4.98 Å². The molecule has 1 aliphatic heterocycles. The summed E-state index contributed by atoms with van der Waals surface area (Å²) in [5.41, 5.74) is 1.92. The minimum atomic E-state index is -0.112. The zero-order chi connectivity index (χ0) is 14.7. The maximum atomic E-state index is 12.2. The first-order valence-corrected chi connectivity index (χ1v) is 7.27. The van der Waals surface area contributed by atoms with Crippen LogP contribution in [0.5, 0.6) is 0 Å². The summed E-state index contributed by atoms with van der Waals surface area (Å²) in [5.74, 6) is 0. The van der Waals surface area contributed by atoms with Gasteiger partial charge in [-0.25, -0.2) is 4.79 Å². The third-order valence-electron chi connectivity index (χ3n) is 4.00. The first-order valence-electron chi connectivity index (χ1n) is 7.27. The van der Waals surface area contributed by atoms with Crippen molar-refractivity contribution in [2.24, 2.45) is 0 Å². The van der Waals surface area contributed by atoms with Gasteiger partial charge in [0.1, 0.15) is 0 Å². The molecule has 2 amide bonds. The highest BCUT2D eigenvalue weighted by molar-refractivity contribution is 5.82. The number of aliphatic hydroxyl groups excluding tert-OH is 1. The predicted octanol–water partition coefficient (Wildman–Crippen LogP) is 1.90. The molecule has 0 saturated carbocycles. The summed E-state index contributed by atoms with van der Waals surface area (Å²) < 4.78 is 0. The van der Waals surface area contributed by atoms with Crippen LogP contribution in [0.4, 0.5) is 4.79 Å². The summed E-state index contributed by atoms with van der Waals surface area (Å²) in [6.07, 6.45) is 3.59. The number of pyridine rings is 1. The van der Waals surface area contributed by atoms with Crippen LogP contribution >= 0.6 is 0 Å². The molecule has 2 heterocycles. The Morgan fingerprint density at radius 3 is 3.10 bits per heavy atom. The number of urea groups is 1. The lowest BCUT2D eigenvalue weighted by Crippen LogP contribution is -2.43. The van der Waals surface area contributed by atoms with Crippen molar-refractivity contribution >= 4 is 16.9 Å². The summed E-state index contributed by atoms with van der Waals surface area (Å²) in [5, 5.41) is 13.3. The van der Waals surface area contributed by atoms with E-state index in [1.165, 1.54) is 0 Å². The Morgan fingerprint density at radius 2 is 2.24 bits per heavy atom. The molecule has 1 fully saturated rings. The van der Waals surface area contributed by atoms with Crippen LogP contribution in [0.15, 0.2) is 36.5 Å². The van der Waals surface area contributed by atoms with Crippen LogP contribution in [0.3, 0.4) is 0 Å². The van der Waals surface area contributed by atoms with E-state index in [0.29, 0.717) is 13.1 Å². The molecule has 1 aromatic carbocycles. The van der Waals surface area contributed by atoms with Crippen LogP contribution in [-0.2, 0) is 6.54 Å². The lowest BCUT2D eigenvalue weighted by molar-refractivity contribution is 0.157. The minimum absolute atomic E-state index is 0.0310. The number of nitrogens with one attached hydrogen (secondary N) is 1. The summed E-state index contributed by atoms with van der Waals surface area (Å²) >= 11 is 0. The first-order chi connectivity index (χ1) is 10.3. The number of hydrogen-bond donors (Lipinski definition) is 2. The largest absolute Gasteiger partial charge is 0.394 e. The number of amides is 2. The fourth-order valence-electron chi connectivity index (χ4n) is 2.88. The number of nitrogens with zero attached hydrogens (tertiary/aromatic N) is 2. The van der Waals surface area contributed by atoms with Gasteiger partial charge < -0.3 is 15.3 Å². The number of benzene rings is 1. The molecule has 21 heavy (non-hydrogen) atoms. The molecular weight excluding hydrogens is 266 g/mol. The SMILES string of the molecule is O=C(NCc1cccc2cccnc12)N1CCCC1CO. The minimum Gasteiger partial charge on any atom is -0.394 e. The van der Waals surface area contributed by atoms with E-state index < -0.39 is 0 Å². The van der Waals surface area contributed by atoms with Crippen molar-refractivity contribution in [2.75, 3.05) is 13.2 Å². The molecule has 1 saturated heterocycles. The van der Waals surface area contributed by atoms with Crippen molar-refractivity contribution in [1.82, 2.24) is 15.2 Å². The Balaban J connectivity index is 1.70. The molecule has 0 bridgehead atoms. The van der Waals surface area contributed by atoms with E-state index in [-0.39, 0.29) is 18.7 Å². The third kappa shape index (κ3) is 2.83. The van der Waals surface area contributed by atoms with Crippen LogP contribution in [0.1, 0.15) is 18.4 Å². The van der Waals surface area contributed by atoms with E-state index in [4.69, 9.17) is 0 Å². The molecule has 110 valence electrons. The van der Waals surface area contributed by atoms with Crippen LogP contribution in [0, 0.1) is 0 Å². The number of carbonyl (C=O) groups is 1. The van der Waals surface area contributed by atoms with E-state index >= 15 is 0 Å². The number of rotatable bonds is 3. The molecule has 1 unspecified atom stereocenters. The van der Waals surface area contributed by atoms with E-state index in [2.05, 4.69) is 10.3 Å². The smallest absolute Gasteiger partial charge is 0.317 e. The van der Waals surface area contributed by atoms with Gasteiger partial charge in [0.2, 0.25) is 0 Å². The van der Waals surface area contributed by atoms with Crippen LogP contribution < -0.4 is 5.32 Å². The zero-order valence-electron chi connectivity index (χ0n) is 11.8. The second-order valence-corrected chi connectivity index (χ2v) is 5.32. The Kier molecular flexibility index (Phi) is 4.01. The third-order valence-corrected chi connectivity index (χ3v) is 4.00. The summed E-state index contributed by atoms with van der Waals surface area (Å²) in [7, 11) is 0. The first kappa shape index (κ1) is 13.8. The van der Waals surface area contributed by atoms with Crippen molar-refractivity contribution in [3.63, 3.8) is 0 Å². The van der Waals surface area contributed by atoms with E-state index in [1.54, 1.807) is 11.1 Å². The van der Waals surface area contributed by atoms with Gasteiger partial charge in [0.05, 0.1) is 18.2 Å². The zero-order valence-corrected chi connectivity index (χ0v) is 11.8. The van der Waals surface area contributed by atoms with Crippen molar-refractivity contribution in [3.8, 4) is 0 Å². The van der Waals surface area contributed by atoms with Gasteiger partial charge in [-0.2, -0.15) is 0 Å². The second kappa shape index (κ2) is 6.10. The second-order valence-electron chi connectivity index (χ2n) is 5.32. The molecule has 2 N–H and O–H groups in total. The van der Waals surface area contributed by atoms with Crippen molar-refractivity contribution in [2.45, 2.75) is 25.4 Å². The van der Waals surface area contributed by atoms with Gasteiger partial charge in [0.25, 0.3) is 0 Å². The van der Waals surface area contributed by atoms with Gasteiger partial charge in [-0.1, -0.05) is 24.3 Å². The molecule has 0 spiro atoms. The van der Waals surface area contributed by atoms with Crippen molar-refractivity contribution < 1.29 is 9.90 Å². The number of carbonyl (C=O) groups excluding carboxylic acids is 1. The Labute approximate surface area is 123 Å². The average molecular weight is 285 g/mol. The average Bonchev–Trinajstić information content (AvgIpc) is 3.01. The molecule has 2 aromatic rings. The van der Waals surface area contributed by atoms with Crippen molar-refractivity contribution in [3.05, 3.63) is 42.1 Å². The Bertz CT molecular complexity index is 639. The van der Waals surface area contributed by atoms with Gasteiger partial charge in [-0.15, -0.1) is 0 Å². The lowest BCUT2D eigenvalue weighted by Gasteiger charge is -2.23. The highest BCUT2D eigenvalue weighted by atomic mass is 16.3. The van der Waals surface area contributed by atoms with Gasteiger partial charge in [0.15, 0.2) is 0 Å². The normalized spacial score (nSPS) is 18.1. The monoisotopic (exact) mass is 285 g/mol. The summed E-state index contributed by atoms with van der Waals surface area (Å²) in [4.78, 5) is 18.3. The number of aliphatic hydroxyl groups is 1. The molecule has 1 atom stereocenters. The van der Waals surface area contributed by atoms with Gasteiger partial charge in [0, 0.05) is 24.7 Å². The molecule has 5 nitrogen and oxygen atoms in total. The molecule has 0 radical (unpaired) electrons. The summed E-state index contributed by atoms with van der Waals surface area (Å²) in [6.45, 7) is 1.19. The topological polar surface area (TPSA) is 65.5 Å². The molecule has 3 rings (SSSR count). The molecule has 1 aromatic heterocycles. The molecular formula is C16H19N3O2. The fraction of sp³-hybridized carbons (Fsp3) is 0.375. The molecule has 5 heteroatoms. The standard InChI is InChI=1S/C16H19N3O2/c20-11-14-7-3-9-19(14)16(21)18-10-13-5-1-4-12-6-2-8-17-15(12)13/h1-2,4-6,8,14,20H,3,7,9-11H2,(H,18,21). The van der Waals surface area contributed by atoms with Gasteiger partial charge in [-0.05, 0) is 24.5 Å². The van der Waals surface area contributed by atoms with Crippen LogP contribution in [0.25, 0.3) is 10.9 Å². The number of fused-ring (bicyclic) bond motifs is 1. The van der Waals surface area contributed by atoms with E-state index in [1.807, 2.05) is 30.3 Å². The highest BCUT2D eigenvalue weighted by Gasteiger charge is 2.27. The predicted molar refractivity (Wildman–Crippen MR) is 80.8 cm³/mol. The van der Waals surface area contributed by atoms with Crippen LogP contribution in [-0.4, -0.2) is 40.2 Å². The Hall–Kier alpha value is -2.14. The molecule has 0 aliphatic carbocycles. The quantitative estimate of drug-likeness (QED) is 0.905. The van der Waals surface area contributed by atoms with Crippen molar-refractivity contribution in [1.29, 1.82) is 0 Å². The van der Waals surface area contributed by atoms with Gasteiger partial charge >= 0.3 is 6.03 Å². The number of hydrogen-bond acceptors (Lipinski definition) is 3. The highest BCUT2D eigenvalue weighted by Crippen LogP contribution is 2.18. The number of para-hydroxylation sites is 1. The van der Waals surface area contributed by atoms with Crippen LogP contribution in [0.2, 0.25) is 0 Å². The van der Waals surface area contributed by atoms with E-state index in [9.17, 15) is 9.90 Å². The fourth-order valence-corrected chi connectivity index (χ4v) is 2.88. The lowest BCUT2D eigenvalue weighted by atomic mass is 10.1. The Morgan fingerprint density at radius 1 is 1.38 bits per heavy atom. The molecule has 1 aliphatic rings. The van der Waals surface area contributed by atoms with E-state index in [0.717, 1.165) is 29.3 Å². The maximum absolute atomic E-state index is 12.2.